The smallest absolute Gasteiger partial charge is 0.188 e. The van der Waals surface area contributed by atoms with Gasteiger partial charge in [0.15, 0.2) is 5.96 Å². The van der Waals surface area contributed by atoms with Crippen LogP contribution >= 0.6 is 0 Å². The maximum atomic E-state index is 7.31. The SMILES string of the molecule is CCOCC1CN(C(=N)N)CC1C. The molecule has 13 heavy (non-hydrogen) atoms. The Bertz CT molecular complexity index is 184. The molecular weight excluding hydrogens is 166 g/mol. The standard InChI is InChI=1S/C9H19N3O/c1-3-13-6-8-5-12(9(10)11)4-7(8)2/h7-8H,3-6H2,1-2H3,(H3,10,11). The Morgan fingerprint density at radius 2 is 2.31 bits per heavy atom. The van der Waals surface area contributed by atoms with E-state index in [1.807, 2.05) is 11.8 Å². The summed E-state index contributed by atoms with van der Waals surface area (Å²) in [5.41, 5.74) is 5.42. The number of ether oxygens (including phenoxy) is 1. The van der Waals surface area contributed by atoms with Gasteiger partial charge in [0.05, 0.1) is 6.61 Å². The van der Waals surface area contributed by atoms with Gasteiger partial charge in [0, 0.05) is 25.6 Å². The third kappa shape index (κ3) is 2.59. The minimum absolute atomic E-state index is 0.186. The van der Waals surface area contributed by atoms with Gasteiger partial charge in [-0.25, -0.2) is 0 Å². The third-order valence-electron chi connectivity index (χ3n) is 2.64. The van der Waals surface area contributed by atoms with E-state index in [2.05, 4.69) is 6.92 Å². The Balaban J connectivity index is 2.37. The minimum Gasteiger partial charge on any atom is -0.381 e. The lowest BCUT2D eigenvalue weighted by Crippen LogP contribution is -2.34. The molecular formula is C9H19N3O. The lowest BCUT2D eigenvalue weighted by atomic mass is 9.99. The molecule has 4 nitrogen and oxygen atoms in total. The van der Waals surface area contributed by atoms with Crippen molar-refractivity contribution in [2.75, 3.05) is 26.3 Å². The number of rotatable bonds is 3. The minimum atomic E-state index is 0.186. The summed E-state index contributed by atoms with van der Waals surface area (Å²) in [6.07, 6.45) is 0. The lowest BCUT2D eigenvalue weighted by Gasteiger charge is -2.15. The maximum Gasteiger partial charge on any atom is 0.188 e. The molecule has 0 spiro atoms. The van der Waals surface area contributed by atoms with Gasteiger partial charge in [-0.2, -0.15) is 0 Å². The predicted octanol–water partition coefficient (Wildman–Crippen LogP) is 0.484. The fourth-order valence-corrected chi connectivity index (χ4v) is 1.72. The second-order valence-corrected chi connectivity index (χ2v) is 3.69. The molecule has 0 aromatic heterocycles. The van der Waals surface area contributed by atoms with Crippen molar-refractivity contribution in [2.24, 2.45) is 17.6 Å². The number of guanidine groups is 1. The first-order chi connectivity index (χ1) is 6.15. The summed E-state index contributed by atoms with van der Waals surface area (Å²) in [5.74, 6) is 1.30. The summed E-state index contributed by atoms with van der Waals surface area (Å²) >= 11 is 0. The van der Waals surface area contributed by atoms with Gasteiger partial charge in [-0.1, -0.05) is 6.92 Å². The van der Waals surface area contributed by atoms with Crippen LogP contribution in [0.5, 0.6) is 0 Å². The van der Waals surface area contributed by atoms with Crippen LogP contribution in [0.4, 0.5) is 0 Å². The van der Waals surface area contributed by atoms with Gasteiger partial charge in [0.25, 0.3) is 0 Å². The summed E-state index contributed by atoms with van der Waals surface area (Å²) in [4.78, 5) is 1.91. The highest BCUT2D eigenvalue weighted by molar-refractivity contribution is 5.74. The van der Waals surface area contributed by atoms with Crippen LogP contribution in [-0.4, -0.2) is 37.2 Å². The molecule has 3 N–H and O–H groups in total. The van der Waals surface area contributed by atoms with Crippen molar-refractivity contribution in [3.05, 3.63) is 0 Å². The highest BCUT2D eigenvalue weighted by atomic mass is 16.5. The van der Waals surface area contributed by atoms with E-state index >= 15 is 0 Å². The average Bonchev–Trinajstić information content (AvgIpc) is 2.44. The van der Waals surface area contributed by atoms with E-state index in [1.165, 1.54) is 0 Å². The number of nitrogens with zero attached hydrogens (tertiary/aromatic N) is 1. The Labute approximate surface area is 79.6 Å². The predicted molar refractivity (Wildman–Crippen MR) is 52.6 cm³/mol. The lowest BCUT2D eigenvalue weighted by molar-refractivity contribution is 0.103. The molecule has 4 heteroatoms. The zero-order valence-electron chi connectivity index (χ0n) is 8.42. The molecule has 1 aliphatic rings. The van der Waals surface area contributed by atoms with E-state index < -0.39 is 0 Å². The van der Waals surface area contributed by atoms with E-state index in [1.54, 1.807) is 0 Å². The topological polar surface area (TPSA) is 62.3 Å². The second-order valence-electron chi connectivity index (χ2n) is 3.69. The number of nitrogens with one attached hydrogen (secondary N) is 1. The molecule has 1 saturated heterocycles. The second kappa shape index (κ2) is 4.46. The van der Waals surface area contributed by atoms with Crippen molar-refractivity contribution >= 4 is 5.96 Å². The van der Waals surface area contributed by atoms with Crippen molar-refractivity contribution < 1.29 is 4.74 Å². The van der Waals surface area contributed by atoms with E-state index in [0.717, 1.165) is 26.3 Å². The molecule has 2 unspecified atom stereocenters. The molecule has 0 saturated carbocycles. The molecule has 1 rings (SSSR count). The van der Waals surface area contributed by atoms with Gasteiger partial charge >= 0.3 is 0 Å². The molecule has 76 valence electrons. The van der Waals surface area contributed by atoms with Crippen molar-refractivity contribution in [3.8, 4) is 0 Å². The van der Waals surface area contributed by atoms with Gasteiger partial charge in [-0.3, -0.25) is 5.41 Å². The van der Waals surface area contributed by atoms with Gasteiger partial charge in [0.2, 0.25) is 0 Å². The quantitative estimate of drug-likeness (QED) is 0.496. The van der Waals surface area contributed by atoms with Crippen LogP contribution in [0.1, 0.15) is 13.8 Å². The zero-order valence-corrected chi connectivity index (χ0v) is 8.42. The highest BCUT2D eigenvalue weighted by Gasteiger charge is 2.30. The van der Waals surface area contributed by atoms with Crippen molar-refractivity contribution in [1.29, 1.82) is 5.41 Å². The summed E-state index contributed by atoms with van der Waals surface area (Å²) in [7, 11) is 0. The normalized spacial score (nSPS) is 28.0. The van der Waals surface area contributed by atoms with Crippen molar-refractivity contribution in [1.82, 2.24) is 4.90 Å². The molecule has 2 atom stereocenters. The van der Waals surface area contributed by atoms with Gasteiger partial charge in [-0.05, 0) is 12.8 Å². The summed E-state index contributed by atoms with van der Waals surface area (Å²) in [6, 6.07) is 0. The summed E-state index contributed by atoms with van der Waals surface area (Å²) < 4.78 is 5.38. The zero-order chi connectivity index (χ0) is 9.84. The summed E-state index contributed by atoms with van der Waals surface area (Å²) in [5, 5.41) is 7.31. The summed E-state index contributed by atoms with van der Waals surface area (Å²) in [6.45, 7) is 7.52. The monoisotopic (exact) mass is 185 g/mol. The number of nitrogens with two attached hydrogens (primary N) is 1. The van der Waals surface area contributed by atoms with Crippen molar-refractivity contribution in [3.63, 3.8) is 0 Å². The van der Waals surface area contributed by atoms with Crippen LogP contribution in [0, 0.1) is 17.2 Å². The Kier molecular flexibility index (Phi) is 3.54. The van der Waals surface area contributed by atoms with Crippen LogP contribution in [0.25, 0.3) is 0 Å². The van der Waals surface area contributed by atoms with E-state index in [9.17, 15) is 0 Å². The molecule has 0 aliphatic carbocycles. The average molecular weight is 185 g/mol. The van der Waals surface area contributed by atoms with Crippen LogP contribution in [-0.2, 0) is 4.74 Å². The number of likely N-dealkylation sites (tertiary alicyclic amines) is 1. The van der Waals surface area contributed by atoms with Crippen LogP contribution in [0.2, 0.25) is 0 Å². The van der Waals surface area contributed by atoms with Gasteiger partial charge < -0.3 is 15.4 Å². The highest BCUT2D eigenvalue weighted by Crippen LogP contribution is 2.22. The maximum absolute atomic E-state index is 7.31. The molecule has 1 aliphatic heterocycles. The fourth-order valence-electron chi connectivity index (χ4n) is 1.72. The van der Waals surface area contributed by atoms with Gasteiger partial charge in [-0.15, -0.1) is 0 Å². The first kappa shape index (κ1) is 10.3. The molecule has 0 radical (unpaired) electrons. The Hall–Kier alpha value is -0.770. The molecule has 0 amide bonds. The van der Waals surface area contributed by atoms with Crippen LogP contribution in [0.15, 0.2) is 0 Å². The molecule has 0 aromatic rings. The molecule has 0 aromatic carbocycles. The fraction of sp³-hybridized carbons (Fsp3) is 0.889. The van der Waals surface area contributed by atoms with E-state index in [4.69, 9.17) is 15.9 Å². The van der Waals surface area contributed by atoms with E-state index in [0.29, 0.717) is 11.8 Å². The number of hydrogen-bond acceptors (Lipinski definition) is 2. The Morgan fingerprint density at radius 1 is 1.62 bits per heavy atom. The molecule has 1 heterocycles. The van der Waals surface area contributed by atoms with Gasteiger partial charge in [0.1, 0.15) is 0 Å². The van der Waals surface area contributed by atoms with Crippen molar-refractivity contribution in [2.45, 2.75) is 13.8 Å². The Morgan fingerprint density at radius 3 is 2.77 bits per heavy atom. The first-order valence-corrected chi connectivity index (χ1v) is 4.81. The molecule has 1 fully saturated rings. The largest absolute Gasteiger partial charge is 0.381 e. The van der Waals surface area contributed by atoms with E-state index in [-0.39, 0.29) is 5.96 Å². The number of hydrogen-bond donors (Lipinski definition) is 2. The molecule has 0 bridgehead atoms. The van der Waals surface area contributed by atoms with Crippen LogP contribution < -0.4 is 5.73 Å². The third-order valence-corrected chi connectivity index (χ3v) is 2.64. The first-order valence-electron chi connectivity index (χ1n) is 4.81. The van der Waals surface area contributed by atoms with Crippen LogP contribution in [0.3, 0.4) is 0 Å².